The summed E-state index contributed by atoms with van der Waals surface area (Å²) >= 11 is 0. The van der Waals surface area contributed by atoms with Crippen LogP contribution in [0, 0.1) is 6.92 Å². The summed E-state index contributed by atoms with van der Waals surface area (Å²) in [5.74, 6) is 0. The van der Waals surface area contributed by atoms with E-state index in [4.69, 9.17) is 0 Å². The summed E-state index contributed by atoms with van der Waals surface area (Å²) < 4.78 is 3.23. The number of nitrogens with zero attached hydrogens (tertiary/aromatic N) is 2. The van der Waals surface area contributed by atoms with Gasteiger partial charge in [0.05, 0.1) is 12.6 Å². The summed E-state index contributed by atoms with van der Waals surface area (Å²) in [6.45, 7) is 5.02. The molecule has 0 saturated carbocycles. The fourth-order valence-corrected chi connectivity index (χ4v) is 2.17. The Balaban J connectivity index is 2.15. The molecule has 0 spiro atoms. The predicted molar refractivity (Wildman–Crippen MR) is 75.1 cm³/mol. The van der Waals surface area contributed by atoms with Gasteiger partial charge in [0, 0.05) is 18.9 Å². The quantitative estimate of drug-likeness (QED) is 0.895. The Morgan fingerprint density at radius 1 is 1.26 bits per heavy atom. The third-order valence-corrected chi connectivity index (χ3v) is 3.18. The average molecular weight is 260 g/mol. The molecule has 4 heteroatoms. The van der Waals surface area contributed by atoms with Crippen LogP contribution in [-0.2, 0) is 13.1 Å². The van der Waals surface area contributed by atoms with Crippen LogP contribution < -0.4 is 5.69 Å². The fourth-order valence-electron chi connectivity index (χ4n) is 2.17. The normalized spacial score (nSPS) is 12.6. The van der Waals surface area contributed by atoms with Gasteiger partial charge in [0.25, 0.3) is 0 Å². The maximum atomic E-state index is 12.0. The Kier molecular flexibility index (Phi) is 4.22. The molecule has 4 nitrogen and oxygen atoms in total. The minimum Gasteiger partial charge on any atom is -0.387 e. The lowest BCUT2D eigenvalue weighted by Gasteiger charge is -2.11. The zero-order valence-electron chi connectivity index (χ0n) is 11.4. The van der Waals surface area contributed by atoms with E-state index in [9.17, 15) is 9.90 Å². The number of aliphatic hydroxyl groups excluding tert-OH is 1. The van der Waals surface area contributed by atoms with E-state index >= 15 is 0 Å². The highest BCUT2D eigenvalue weighted by atomic mass is 16.3. The van der Waals surface area contributed by atoms with Crippen molar-refractivity contribution in [2.45, 2.75) is 39.5 Å². The van der Waals surface area contributed by atoms with Crippen LogP contribution in [0.3, 0.4) is 0 Å². The van der Waals surface area contributed by atoms with Crippen molar-refractivity contribution in [3.05, 3.63) is 58.3 Å². The third-order valence-electron chi connectivity index (χ3n) is 3.18. The number of hydrogen-bond donors (Lipinski definition) is 1. The summed E-state index contributed by atoms with van der Waals surface area (Å²) in [5, 5.41) is 10.2. The second kappa shape index (κ2) is 5.89. The van der Waals surface area contributed by atoms with Crippen LogP contribution in [0.25, 0.3) is 0 Å². The summed E-state index contributed by atoms with van der Waals surface area (Å²) in [5.41, 5.74) is 1.89. The lowest BCUT2D eigenvalue weighted by molar-refractivity contribution is 0.155. The van der Waals surface area contributed by atoms with Gasteiger partial charge in [0.15, 0.2) is 0 Å². The van der Waals surface area contributed by atoms with E-state index in [2.05, 4.69) is 0 Å². The van der Waals surface area contributed by atoms with Crippen molar-refractivity contribution >= 4 is 0 Å². The smallest absolute Gasteiger partial charge is 0.328 e. The fraction of sp³-hybridized carbons (Fsp3) is 0.400. The number of rotatable bonds is 5. The highest BCUT2D eigenvalue weighted by Gasteiger charge is 2.11. The topological polar surface area (TPSA) is 47.2 Å². The molecule has 0 fully saturated rings. The van der Waals surface area contributed by atoms with Crippen LogP contribution in [-0.4, -0.2) is 14.2 Å². The van der Waals surface area contributed by atoms with Gasteiger partial charge in [-0.25, -0.2) is 4.79 Å². The second-order valence-corrected chi connectivity index (χ2v) is 4.86. The largest absolute Gasteiger partial charge is 0.387 e. The summed E-state index contributed by atoms with van der Waals surface area (Å²) in [4.78, 5) is 12.0. The molecule has 0 aliphatic rings. The first kappa shape index (κ1) is 13.6. The number of aromatic nitrogens is 2. The Morgan fingerprint density at radius 2 is 2.00 bits per heavy atom. The lowest BCUT2D eigenvalue weighted by atomic mass is 10.1. The van der Waals surface area contributed by atoms with E-state index in [-0.39, 0.29) is 5.69 Å². The first-order chi connectivity index (χ1) is 9.11. The molecule has 1 aromatic heterocycles. The van der Waals surface area contributed by atoms with Gasteiger partial charge in [0.1, 0.15) is 0 Å². The molecule has 1 atom stereocenters. The van der Waals surface area contributed by atoms with Crippen molar-refractivity contribution in [2.75, 3.05) is 0 Å². The Bertz CT molecular complexity index is 598. The van der Waals surface area contributed by atoms with Gasteiger partial charge in [-0.15, -0.1) is 0 Å². The molecule has 0 aliphatic carbocycles. The lowest BCUT2D eigenvalue weighted by Crippen LogP contribution is -2.26. The zero-order valence-corrected chi connectivity index (χ0v) is 11.4. The number of imidazole rings is 1. The van der Waals surface area contributed by atoms with Gasteiger partial charge < -0.3 is 5.11 Å². The van der Waals surface area contributed by atoms with Crippen molar-refractivity contribution in [1.82, 2.24) is 9.13 Å². The zero-order chi connectivity index (χ0) is 13.8. The van der Waals surface area contributed by atoms with Crippen LogP contribution in [0.2, 0.25) is 0 Å². The van der Waals surface area contributed by atoms with Crippen LogP contribution in [0.15, 0.2) is 41.5 Å². The van der Waals surface area contributed by atoms with Crippen LogP contribution in [0.5, 0.6) is 0 Å². The van der Waals surface area contributed by atoms with Gasteiger partial charge in [-0.1, -0.05) is 36.8 Å². The number of aliphatic hydroxyl groups is 1. The molecule has 2 rings (SSSR count). The first-order valence-electron chi connectivity index (χ1n) is 6.62. The maximum absolute atomic E-state index is 12.0. The molecule has 102 valence electrons. The molecule has 1 aromatic carbocycles. The molecule has 0 amide bonds. The maximum Gasteiger partial charge on any atom is 0.328 e. The molecular weight excluding hydrogens is 240 g/mol. The van der Waals surface area contributed by atoms with Crippen molar-refractivity contribution in [2.24, 2.45) is 0 Å². The molecule has 0 bridgehead atoms. The van der Waals surface area contributed by atoms with Gasteiger partial charge in [-0.2, -0.15) is 0 Å². The van der Waals surface area contributed by atoms with Crippen LogP contribution in [0.4, 0.5) is 0 Å². The highest BCUT2D eigenvalue weighted by Crippen LogP contribution is 2.15. The SMILES string of the molecule is CCCn1ccn(CC(O)c2cccc(C)c2)c1=O. The van der Waals surface area contributed by atoms with Crippen molar-refractivity contribution in [3.8, 4) is 0 Å². The summed E-state index contributed by atoms with van der Waals surface area (Å²) in [6.07, 6.45) is 3.77. The Labute approximate surface area is 112 Å². The summed E-state index contributed by atoms with van der Waals surface area (Å²) in [6, 6.07) is 7.73. The molecule has 1 heterocycles. The van der Waals surface area contributed by atoms with E-state index in [1.165, 1.54) is 0 Å². The Hall–Kier alpha value is -1.81. The van der Waals surface area contributed by atoms with E-state index < -0.39 is 6.10 Å². The minimum atomic E-state index is -0.657. The number of hydrogen-bond acceptors (Lipinski definition) is 2. The Morgan fingerprint density at radius 3 is 2.68 bits per heavy atom. The standard InChI is InChI=1S/C15H20N2O2/c1-3-7-16-8-9-17(15(16)19)11-14(18)13-6-4-5-12(2)10-13/h4-6,8-10,14,18H,3,7,11H2,1-2H3. The second-order valence-electron chi connectivity index (χ2n) is 4.86. The molecule has 1 unspecified atom stereocenters. The van der Waals surface area contributed by atoms with E-state index in [1.807, 2.05) is 38.1 Å². The van der Waals surface area contributed by atoms with Gasteiger partial charge in [0.2, 0.25) is 0 Å². The van der Waals surface area contributed by atoms with Crippen molar-refractivity contribution in [1.29, 1.82) is 0 Å². The predicted octanol–water partition coefficient (Wildman–Crippen LogP) is 2.10. The molecular formula is C15H20N2O2. The first-order valence-corrected chi connectivity index (χ1v) is 6.62. The molecule has 0 radical (unpaired) electrons. The monoisotopic (exact) mass is 260 g/mol. The molecule has 19 heavy (non-hydrogen) atoms. The number of benzene rings is 1. The van der Waals surface area contributed by atoms with Gasteiger partial charge in [-0.3, -0.25) is 9.13 Å². The molecule has 0 saturated heterocycles. The third kappa shape index (κ3) is 3.15. The average Bonchev–Trinajstić information content (AvgIpc) is 2.72. The molecule has 1 N–H and O–H groups in total. The van der Waals surface area contributed by atoms with Crippen LogP contribution in [0.1, 0.15) is 30.6 Å². The van der Waals surface area contributed by atoms with Crippen molar-refractivity contribution < 1.29 is 5.11 Å². The molecule has 2 aromatic rings. The van der Waals surface area contributed by atoms with Gasteiger partial charge >= 0.3 is 5.69 Å². The van der Waals surface area contributed by atoms with Crippen LogP contribution >= 0.6 is 0 Å². The minimum absolute atomic E-state index is 0.0615. The van der Waals surface area contributed by atoms with Crippen molar-refractivity contribution in [3.63, 3.8) is 0 Å². The van der Waals surface area contributed by atoms with E-state index in [0.717, 1.165) is 17.5 Å². The van der Waals surface area contributed by atoms with E-state index in [1.54, 1.807) is 21.5 Å². The van der Waals surface area contributed by atoms with Gasteiger partial charge in [-0.05, 0) is 18.9 Å². The summed E-state index contributed by atoms with van der Waals surface area (Å²) in [7, 11) is 0. The number of aryl methyl sites for hydroxylation is 2. The van der Waals surface area contributed by atoms with E-state index in [0.29, 0.717) is 13.1 Å². The highest BCUT2D eigenvalue weighted by molar-refractivity contribution is 5.23. The molecule has 0 aliphatic heterocycles.